The van der Waals surface area contributed by atoms with Gasteiger partial charge in [0, 0.05) is 21.7 Å². The van der Waals surface area contributed by atoms with E-state index in [1.165, 1.54) is 12.1 Å². The van der Waals surface area contributed by atoms with Crippen LogP contribution in [0.4, 0.5) is 4.39 Å². The van der Waals surface area contributed by atoms with Crippen molar-refractivity contribution in [3.8, 4) is 11.5 Å². The fraction of sp³-hybridized carbons (Fsp3) is 0.250. The van der Waals surface area contributed by atoms with Crippen LogP contribution >= 0.6 is 15.9 Å². The summed E-state index contributed by atoms with van der Waals surface area (Å²) < 4.78 is 24.6. The summed E-state index contributed by atoms with van der Waals surface area (Å²) >= 11 is 3.30. The first-order chi connectivity index (χ1) is 10.0. The molecule has 21 heavy (non-hydrogen) atoms. The van der Waals surface area contributed by atoms with Crippen molar-refractivity contribution in [2.24, 2.45) is 0 Å². The largest absolute Gasteiger partial charge is 0.497 e. The Bertz CT molecular complexity index is 629. The summed E-state index contributed by atoms with van der Waals surface area (Å²) in [5.74, 6) is 0.879. The Kier molecular flexibility index (Phi) is 5.20. The third kappa shape index (κ3) is 3.95. The minimum atomic E-state index is -0.650. The Morgan fingerprint density at radius 1 is 1.24 bits per heavy atom. The molecule has 0 saturated heterocycles. The molecular weight excluding hydrogens is 339 g/mol. The zero-order valence-corrected chi connectivity index (χ0v) is 13.4. The Hall–Kier alpha value is -1.59. The maximum atomic E-state index is 13.1. The number of aliphatic hydroxyl groups excluding tert-OH is 1. The first-order valence-corrected chi connectivity index (χ1v) is 7.23. The molecule has 0 aliphatic rings. The number of halogens is 2. The summed E-state index contributed by atoms with van der Waals surface area (Å²) in [6.45, 7) is 1.93. The van der Waals surface area contributed by atoms with Crippen LogP contribution in [-0.2, 0) is 6.61 Å². The van der Waals surface area contributed by atoms with Crippen LogP contribution in [0.1, 0.15) is 24.2 Å². The molecule has 0 radical (unpaired) electrons. The molecule has 0 aliphatic carbocycles. The van der Waals surface area contributed by atoms with Crippen molar-refractivity contribution in [2.45, 2.75) is 19.6 Å². The van der Waals surface area contributed by atoms with E-state index in [-0.39, 0.29) is 12.4 Å². The van der Waals surface area contributed by atoms with Crippen LogP contribution in [0.5, 0.6) is 11.5 Å². The summed E-state index contributed by atoms with van der Waals surface area (Å²) in [7, 11) is 1.57. The topological polar surface area (TPSA) is 38.7 Å². The maximum Gasteiger partial charge on any atom is 0.129 e. The Balaban J connectivity index is 2.22. The molecule has 1 N–H and O–H groups in total. The Morgan fingerprint density at radius 3 is 2.62 bits per heavy atom. The molecule has 0 saturated carbocycles. The van der Waals surface area contributed by atoms with Gasteiger partial charge in [0.1, 0.15) is 23.9 Å². The lowest BCUT2D eigenvalue weighted by molar-refractivity contribution is 0.189. The number of hydrogen-bond donors (Lipinski definition) is 1. The summed E-state index contributed by atoms with van der Waals surface area (Å²) in [6.07, 6.45) is -0.650. The van der Waals surface area contributed by atoms with Crippen molar-refractivity contribution in [3.05, 3.63) is 57.8 Å². The van der Waals surface area contributed by atoms with Gasteiger partial charge in [0.05, 0.1) is 13.2 Å². The molecule has 112 valence electrons. The first kappa shape index (κ1) is 15.8. The van der Waals surface area contributed by atoms with Gasteiger partial charge in [-0.25, -0.2) is 4.39 Å². The fourth-order valence-corrected chi connectivity index (χ4v) is 2.37. The molecule has 3 nitrogen and oxygen atoms in total. The van der Waals surface area contributed by atoms with E-state index in [0.717, 1.165) is 5.56 Å². The van der Waals surface area contributed by atoms with E-state index >= 15 is 0 Å². The van der Waals surface area contributed by atoms with Crippen LogP contribution in [0.25, 0.3) is 0 Å². The molecule has 0 bridgehead atoms. The van der Waals surface area contributed by atoms with Crippen LogP contribution in [0, 0.1) is 5.82 Å². The second-order valence-corrected chi connectivity index (χ2v) is 5.46. The van der Waals surface area contributed by atoms with E-state index in [4.69, 9.17) is 9.47 Å². The molecule has 2 rings (SSSR count). The summed E-state index contributed by atoms with van der Waals surface area (Å²) in [6, 6.07) is 9.67. The number of benzene rings is 2. The van der Waals surface area contributed by atoms with Crippen molar-refractivity contribution < 1.29 is 19.0 Å². The van der Waals surface area contributed by atoms with Gasteiger partial charge in [0.25, 0.3) is 0 Å². The number of hydrogen-bond acceptors (Lipinski definition) is 3. The SMILES string of the molecule is COc1ccc([C@@H](C)O)c(OCc2ccc(F)cc2Br)c1. The number of rotatable bonds is 5. The zero-order chi connectivity index (χ0) is 15.4. The van der Waals surface area contributed by atoms with Crippen molar-refractivity contribution in [1.29, 1.82) is 0 Å². The summed E-state index contributed by atoms with van der Waals surface area (Å²) in [5.41, 5.74) is 1.49. The lowest BCUT2D eigenvalue weighted by Gasteiger charge is -2.15. The molecule has 0 spiro atoms. The molecule has 0 unspecified atom stereocenters. The molecule has 2 aromatic rings. The van der Waals surface area contributed by atoms with E-state index in [2.05, 4.69) is 15.9 Å². The van der Waals surface area contributed by atoms with Gasteiger partial charge in [-0.05, 0) is 31.2 Å². The fourth-order valence-electron chi connectivity index (χ4n) is 1.91. The summed E-state index contributed by atoms with van der Waals surface area (Å²) in [4.78, 5) is 0. The lowest BCUT2D eigenvalue weighted by atomic mass is 10.1. The van der Waals surface area contributed by atoms with Gasteiger partial charge in [-0.2, -0.15) is 0 Å². The van der Waals surface area contributed by atoms with Crippen molar-refractivity contribution in [3.63, 3.8) is 0 Å². The Labute approximate surface area is 131 Å². The third-order valence-corrected chi connectivity index (χ3v) is 3.81. The maximum absolute atomic E-state index is 13.1. The van der Waals surface area contributed by atoms with Crippen LogP contribution in [0.2, 0.25) is 0 Å². The van der Waals surface area contributed by atoms with E-state index in [9.17, 15) is 9.50 Å². The molecule has 1 atom stereocenters. The van der Waals surface area contributed by atoms with Crippen LogP contribution in [-0.4, -0.2) is 12.2 Å². The average molecular weight is 355 g/mol. The van der Waals surface area contributed by atoms with E-state index in [1.54, 1.807) is 38.3 Å². The number of ether oxygens (including phenoxy) is 2. The van der Waals surface area contributed by atoms with Crippen molar-refractivity contribution in [1.82, 2.24) is 0 Å². The summed E-state index contributed by atoms with van der Waals surface area (Å²) in [5, 5.41) is 9.78. The predicted molar refractivity (Wildman–Crippen MR) is 82.1 cm³/mol. The smallest absolute Gasteiger partial charge is 0.129 e. The van der Waals surface area contributed by atoms with E-state index in [1.807, 2.05) is 0 Å². The predicted octanol–water partition coefficient (Wildman–Crippen LogP) is 4.23. The standard InChI is InChI=1S/C16H16BrFO3/c1-10(19)14-6-5-13(20-2)8-16(14)21-9-11-3-4-12(18)7-15(11)17/h3-8,10,19H,9H2,1-2H3/t10-/m1/s1. The van der Waals surface area contributed by atoms with Gasteiger partial charge in [0.2, 0.25) is 0 Å². The number of methoxy groups -OCH3 is 1. The normalized spacial score (nSPS) is 12.0. The van der Waals surface area contributed by atoms with Gasteiger partial charge in [-0.1, -0.05) is 22.0 Å². The second kappa shape index (κ2) is 6.91. The number of aliphatic hydroxyl groups is 1. The molecule has 0 amide bonds. The van der Waals surface area contributed by atoms with Gasteiger partial charge in [0.15, 0.2) is 0 Å². The van der Waals surface area contributed by atoms with Crippen LogP contribution in [0.3, 0.4) is 0 Å². The lowest BCUT2D eigenvalue weighted by Crippen LogP contribution is -2.02. The minimum Gasteiger partial charge on any atom is -0.497 e. The van der Waals surface area contributed by atoms with Gasteiger partial charge < -0.3 is 14.6 Å². The molecule has 0 aromatic heterocycles. The molecule has 0 heterocycles. The Morgan fingerprint density at radius 2 is 2.00 bits per heavy atom. The molecule has 0 fully saturated rings. The van der Waals surface area contributed by atoms with Gasteiger partial charge in [-0.3, -0.25) is 0 Å². The second-order valence-electron chi connectivity index (χ2n) is 4.60. The van der Waals surface area contributed by atoms with E-state index in [0.29, 0.717) is 21.5 Å². The third-order valence-electron chi connectivity index (χ3n) is 3.07. The van der Waals surface area contributed by atoms with Crippen molar-refractivity contribution >= 4 is 15.9 Å². The van der Waals surface area contributed by atoms with Gasteiger partial charge >= 0.3 is 0 Å². The first-order valence-electron chi connectivity index (χ1n) is 6.44. The highest BCUT2D eigenvalue weighted by atomic mass is 79.9. The molecular formula is C16H16BrFO3. The average Bonchev–Trinajstić information content (AvgIpc) is 2.45. The van der Waals surface area contributed by atoms with Crippen LogP contribution in [0.15, 0.2) is 40.9 Å². The molecule has 0 aliphatic heterocycles. The highest BCUT2D eigenvalue weighted by Crippen LogP contribution is 2.30. The molecule has 5 heteroatoms. The van der Waals surface area contributed by atoms with Gasteiger partial charge in [-0.15, -0.1) is 0 Å². The highest BCUT2D eigenvalue weighted by molar-refractivity contribution is 9.10. The monoisotopic (exact) mass is 354 g/mol. The quantitative estimate of drug-likeness (QED) is 0.873. The molecule has 2 aromatic carbocycles. The highest BCUT2D eigenvalue weighted by Gasteiger charge is 2.11. The van der Waals surface area contributed by atoms with E-state index < -0.39 is 6.10 Å². The zero-order valence-electron chi connectivity index (χ0n) is 11.8. The minimum absolute atomic E-state index is 0.258. The van der Waals surface area contributed by atoms with Crippen molar-refractivity contribution in [2.75, 3.05) is 7.11 Å². The van der Waals surface area contributed by atoms with Crippen LogP contribution < -0.4 is 9.47 Å².